The van der Waals surface area contributed by atoms with Crippen LogP contribution >= 0.6 is 11.8 Å². The van der Waals surface area contributed by atoms with Crippen molar-refractivity contribution < 1.29 is 14.6 Å². The molecule has 1 aromatic carbocycles. The van der Waals surface area contributed by atoms with Gasteiger partial charge in [-0.25, -0.2) is 0 Å². The first kappa shape index (κ1) is 16.1. The third-order valence-electron chi connectivity index (χ3n) is 2.43. The van der Waals surface area contributed by atoms with E-state index in [0.717, 1.165) is 10.5 Å². The molecular weight excluding hydrogens is 260 g/mol. The van der Waals surface area contributed by atoms with Crippen molar-refractivity contribution in [2.24, 2.45) is 0 Å². The lowest BCUT2D eigenvalue weighted by molar-refractivity contribution is -0.151. The summed E-state index contributed by atoms with van der Waals surface area (Å²) in [6.45, 7) is 7.51. The maximum atomic E-state index is 11.6. The smallest absolute Gasteiger partial charge is 0.316 e. The quantitative estimate of drug-likeness (QED) is 0.662. The van der Waals surface area contributed by atoms with Crippen LogP contribution in [0.4, 0.5) is 0 Å². The number of aliphatic hydroxyl groups excluding tert-OH is 1. The highest BCUT2D eigenvalue weighted by Gasteiger charge is 2.16. The summed E-state index contributed by atoms with van der Waals surface area (Å²) in [5.41, 5.74) is 0.469. The molecule has 1 rings (SSSR count). The Labute approximate surface area is 119 Å². The maximum Gasteiger partial charge on any atom is 0.316 e. The molecule has 106 valence electrons. The van der Waals surface area contributed by atoms with E-state index in [1.54, 1.807) is 0 Å². The highest BCUT2D eigenvalue weighted by atomic mass is 32.2. The van der Waals surface area contributed by atoms with Gasteiger partial charge in [-0.3, -0.25) is 4.79 Å². The van der Waals surface area contributed by atoms with Crippen molar-refractivity contribution >= 4 is 17.7 Å². The van der Waals surface area contributed by atoms with Gasteiger partial charge in [-0.05, 0) is 44.9 Å². The molecule has 1 atom stereocenters. The molecule has 0 aliphatic carbocycles. The van der Waals surface area contributed by atoms with E-state index in [0.29, 0.717) is 12.2 Å². The highest BCUT2D eigenvalue weighted by molar-refractivity contribution is 8.00. The summed E-state index contributed by atoms with van der Waals surface area (Å²) in [6.07, 6.45) is 0.287. The Balaban J connectivity index is 2.48. The standard InChI is InChI=1S/C15H22O3S/c1-5-13(16)11-6-8-12(9-7-11)19-10-14(17)18-15(2,3)4/h6-9,13,16H,5,10H2,1-4H3/t13-/m0/s1. The fourth-order valence-corrected chi connectivity index (χ4v) is 2.21. The lowest BCUT2D eigenvalue weighted by atomic mass is 10.1. The van der Waals surface area contributed by atoms with Gasteiger partial charge in [-0.1, -0.05) is 19.1 Å². The molecule has 19 heavy (non-hydrogen) atoms. The predicted molar refractivity (Wildman–Crippen MR) is 78.3 cm³/mol. The Morgan fingerprint density at radius 3 is 2.37 bits per heavy atom. The van der Waals surface area contributed by atoms with E-state index in [-0.39, 0.29) is 5.97 Å². The third kappa shape index (κ3) is 6.12. The zero-order valence-electron chi connectivity index (χ0n) is 12.0. The van der Waals surface area contributed by atoms with Crippen LogP contribution in [0, 0.1) is 0 Å². The molecule has 0 aliphatic rings. The Hall–Kier alpha value is -1.00. The zero-order chi connectivity index (χ0) is 14.5. The number of aliphatic hydroxyl groups is 1. The minimum atomic E-state index is -0.438. The molecule has 0 fully saturated rings. The molecule has 0 bridgehead atoms. The van der Waals surface area contributed by atoms with Crippen LogP contribution in [0.15, 0.2) is 29.2 Å². The molecule has 0 aromatic heterocycles. The van der Waals surface area contributed by atoms with Crippen LogP contribution in [0.5, 0.6) is 0 Å². The monoisotopic (exact) mass is 282 g/mol. The van der Waals surface area contributed by atoms with Gasteiger partial charge in [-0.15, -0.1) is 11.8 Å². The second kappa shape index (κ2) is 6.96. The number of carbonyl (C=O) groups excluding carboxylic acids is 1. The third-order valence-corrected chi connectivity index (χ3v) is 3.41. The highest BCUT2D eigenvalue weighted by Crippen LogP contribution is 2.23. The number of thioether (sulfide) groups is 1. The average molecular weight is 282 g/mol. The van der Waals surface area contributed by atoms with Gasteiger partial charge in [0.05, 0.1) is 11.9 Å². The predicted octanol–water partition coefficient (Wildman–Crippen LogP) is 3.56. The summed E-state index contributed by atoms with van der Waals surface area (Å²) in [6, 6.07) is 7.63. The minimum absolute atomic E-state index is 0.213. The van der Waals surface area contributed by atoms with Gasteiger partial charge in [0.15, 0.2) is 0 Å². The summed E-state index contributed by atoms with van der Waals surface area (Å²) in [5.74, 6) is 0.0858. The number of carbonyl (C=O) groups is 1. The summed E-state index contributed by atoms with van der Waals surface area (Å²) in [4.78, 5) is 12.6. The molecule has 1 aromatic rings. The van der Waals surface area contributed by atoms with E-state index in [2.05, 4.69) is 0 Å². The van der Waals surface area contributed by atoms with Crippen molar-refractivity contribution in [1.82, 2.24) is 0 Å². The first-order valence-electron chi connectivity index (χ1n) is 6.44. The van der Waals surface area contributed by atoms with Crippen molar-refractivity contribution in [1.29, 1.82) is 0 Å². The molecule has 0 aliphatic heterocycles. The van der Waals surface area contributed by atoms with Gasteiger partial charge in [0.2, 0.25) is 0 Å². The normalized spacial score (nSPS) is 13.1. The van der Waals surface area contributed by atoms with Crippen molar-refractivity contribution in [2.75, 3.05) is 5.75 Å². The lowest BCUT2D eigenvalue weighted by Gasteiger charge is -2.19. The van der Waals surface area contributed by atoms with Gasteiger partial charge in [-0.2, -0.15) is 0 Å². The van der Waals surface area contributed by atoms with E-state index in [1.165, 1.54) is 11.8 Å². The van der Waals surface area contributed by atoms with Crippen LogP contribution in [0.2, 0.25) is 0 Å². The first-order chi connectivity index (χ1) is 8.81. The van der Waals surface area contributed by atoms with E-state index in [9.17, 15) is 9.90 Å². The second-order valence-electron chi connectivity index (χ2n) is 5.37. The molecule has 3 nitrogen and oxygen atoms in total. The average Bonchev–Trinajstić information content (AvgIpc) is 2.34. The molecule has 0 unspecified atom stereocenters. The van der Waals surface area contributed by atoms with E-state index < -0.39 is 11.7 Å². The minimum Gasteiger partial charge on any atom is -0.459 e. The maximum absolute atomic E-state index is 11.6. The van der Waals surface area contributed by atoms with Crippen molar-refractivity contribution in [3.05, 3.63) is 29.8 Å². The number of benzene rings is 1. The van der Waals surface area contributed by atoms with Gasteiger partial charge >= 0.3 is 5.97 Å². The van der Waals surface area contributed by atoms with Gasteiger partial charge in [0, 0.05) is 4.90 Å². The first-order valence-corrected chi connectivity index (χ1v) is 7.43. The SMILES string of the molecule is CC[C@H](O)c1ccc(SCC(=O)OC(C)(C)C)cc1. The molecule has 0 saturated heterocycles. The Kier molecular flexibility index (Phi) is 5.88. The van der Waals surface area contributed by atoms with Crippen LogP contribution in [-0.2, 0) is 9.53 Å². The summed E-state index contributed by atoms with van der Waals surface area (Å²) in [5, 5.41) is 9.68. The largest absolute Gasteiger partial charge is 0.459 e. The molecule has 0 radical (unpaired) electrons. The van der Waals surface area contributed by atoms with Crippen molar-refractivity contribution in [2.45, 2.75) is 50.7 Å². The summed E-state index contributed by atoms with van der Waals surface area (Å²) >= 11 is 1.44. The summed E-state index contributed by atoms with van der Waals surface area (Å²) < 4.78 is 5.24. The number of rotatable bonds is 5. The van der Waals surface area contributed by atoms with E-state index in [4.69, 9.17) is 4.74 Å². The van der Waals surface area contributed by atoms with Crippen molar-refractivity contribution in [3.63, 3.8) is 0 Å². The van der Waals surface area contributed by atoms with Crippen LogP contribution in [0.1, 0.15) is 45.8 Å². The molecule has 0 amide bonds. The van der Waals surface area contributed by atoms with Gasteiger partial charge in [0.1, 0.15) is 5.60 Å². The van der Waals surface area contributed by atoms with Crippen molar-refractivity contribution in [3.8, 4) is 0 Å². The Morgan fingerprint density at radius 1 is 1.32 bits per heavy atom. The topological polar surface area (TPSA) is 46.5 Å². The Bertz CT molecular complexity index is 406. The molecule has 0 spiro atoms. The van der Waals surface area contributed by atoms with Gasteiger partial charge < -0.3 is 9.84 Å². The van der Waals surface area contributed by atoms with Gasteiger partial charge in [0.25, 0.3) is 0 Å². The zero-order valence-corrected chi connectivity index (χ0v) is 12.8. The number of hydrogen-bond donors (Lipinski definition) is 1. The molecule has 0 saturated carbocycles. The summed E-state index contributed by atoms with van der Waals surface area (Å²) in [7, 11) is 0. The lowest BCUT2D eigenvalue weighted by Crippen LogP contribution is -2.24. The number of esters is 1. The van der Waals surface area contributed by atoms with Crippen LogP contribution in [0.3, 0.4) is 0 Å². The van der Waals surface area contributed by atoms with E-state index in [1.807, 2.05) is 52.0 Å². The van der Waals surface area contributed by atoms with Crippen LogP contribution in [-0.4, -0.2) is 22.4 Å². The molecule has 4 heteroatoms. The van der Waals surface area contributed by atoms with Crippen LogP contribution < -0.4 is 0 Å². The fraction of sp³-hybridized carbons (Fsp3) is 0.533. The molecule has 0 heterocycles. The molecule has 1 N–H and O–H groups in total. The Morgan fingerprint density at radius 2 is 1.89 bits per heavy atom. The van der Waals surface area contributed by atoms with Crippen LogP contribution in [0.25, 0.3) is 0 Å². The fourth-order valence-electron chi connectivity index (χ4n) is 1.54. The second-order valence-corrected chi connectivity index (χ2v) is 6.42. The molecular formula is C15H22O3S. The number of hydrogen-bond acceptors (Lipinski definition) is 4. The van der Waals surface area contributed by atoms with E-state index >= 15 is 0 Å². The number of ether oxygens (including phenoxy) is 1.